The molecule has 2 rings (SSSR count). The van der Waals surface area contributed by atoms with Crippen molar-refractivity contribution >= 4 is 29.1 Å². The molecule has 0 radical (unpaired) electrons. The van der Waals surface area contributed by atoms with Crippen molar-refractivity contribution in [3.8, 4) is 23.6 Å². The zero-order chi connectivity index (χ0) is 27.2. The van der Waals surface area contributed by atoms with Gasteiger partial charge in [0.05, 0.1) is 18.1 Å². The number of benzene rings is 2. The zero-order valence-corrected chi connectivity index (χ0v) is 24.2. The summed E-state index contributed by atoms with van der Waals surface area (Å²) in [5, 5.41) is 20.5. The van der Waals surface area contributed by atoms with Gasteiger partial charge < -0.3 is 15.2 Å². The first kappa shape index (κ1) is 30.7. The minimum absolute atomic E-state index is 0.125. The number of nitrogens with zero attached hydrogens (tertiary/aromatic N) is 2. The smallest absolute Gasteiger partial charge is 0.158 e. The zero-order valence-electron chi connectivity index (χ0n) is 22.6. The van der Waals surface area contributed by atoms with E-state index in [1.165, 1.54) is 11.8 Å². The SMILES string of the molecule is CCCCC(CC)COc1c(Cl)c(Sc2ccccc2N)c(OCC(CC)CCCC)c(C#N)c1C#N. The van der Waals surface area contributed by atoms with E-state index in [4.69, 9.17) is 26.8 Å². The summed E-state index contributed by atoms with van der Waals surface area (Å²) in [6.45, 7) is 9.49. The van der Waals surface area contributed by atoms with Gasteiger partial charge in [-0.15, -0.1) is 0 Å². The predicted octanol–water partition coefficient (Wildman–Crippen LogP) is 9.01. The van der Waals surface area contributed by atoms with Gasteiger partial charge in [0.15, 0.2) is 11.5 Å². The molecule has 0 saturated heterocycles. The number of hydrogen-bond donors (Lipinski definition) is 1. The predicted molar refractivity (Wildman–Crippen MR) is 153 cm³/mol. The average molecular weight is 542 g/mol. The summed E-state index contributed by atoms with van der Waals surface area (Å²) in [5.74, 6) is 1.26. The Morgan fingerprint density at radius 1 is 0.865 bits per heavy atom. The highest BCUT2D eigenvalue weighted by atomic mass is 35.5. The first-order valence-corrected chi connectivity index (χ1v) is 14.6. The van der Waals surface area contributed by atoms with Crippen LogP contribution in [0.2, 0.25) is 5.02 Å². The number of halogens is 1. The second-order valence-corrected chi connectivity index (χ2v) is 10.8. The molecule has 0 heterocycles. The molecule has 2 unspecified atom stereocenters. The first-order chi connectivity index (χ1) is 17.9. The minimum Gasteiger partial charge on any atom is -0.491 e. The molecule has 2 aromatic carbocycles. The third-order valence-electron chi connectivity index (χ3n) is 6.68. The Hall–Kier alpha value is -2.54. The topological polar surface area (TPSA) is 92.1 Å². The lowest BCUT2D eigenvalue weighted by atomic mass is 10.00. The molecule has 0 fully saturated rings. The van der Waals surface area contributed by atoms with Gasteiger partial charge in [0.1, 0.15) is 28.3 Å². The highest BCUT2D eigenvalue weighted by molar-refractivity contribution is 7.99. The van der Waals surface area contributed by atoms with Crippen molar-refractivity contribution < 1.29 is 9.47 Å². The third kappa shape index (κ3) is 8.49. The molecule has 37 heavy (non-hydrogen) atoms. The van der Waals surface area contributed by atoms with E-state index in [9.17, 15) is 10.5 Å². The Kier molecular flexibility index (Phi) is 13.5. The summed E-state index contributed by atoms with van der Waals surface area (Å²) >= 11 is 8.30. The molecule has 0 aliphatic rings. The standard InChI is InChI=1S/C30H40ClN3O2S/c1-5-9-13-21(7-3)19-35-28-23(17-32)24(18-33)29(36-20-22(8-4)14-10-6-2)30(27(28)31)37-26-16-12-11-15-25(26)34/h11-12,15-16,21-22H,5-10,13-14,19-20,34H2,1-4H3. The molecule has 0 amide bonds. The maximum Gasteiger partial charge on any atom is 0.158 e. The van der Waals surface area contributed by atoms with Crippen molar-refractivity contribution in [1.82, 2.24) is 0 Å². The van der Waals surface area contributed by atoms with Crippen LogP contribution >= 0.6 is 23.4 Å². The molecule has 0 bridgehead atoms. The number of nitriles is 2. The van der Waals surface area contributed by atoms with Gasteiger partial charge in [0.2, 0.25) is 0 Å². The van der Waals surface area contributed by atoms with Crippen LogP contribution in [0.1, 0.15) is 90.2 Å². The van der Waals surface area contributed by atoms with Crippen LogP contribution in [0.4, 0.5) is 5.69 Å². The van der Waals surface area contributed by atoms with E-state index in [1.54, 1.807) is 0 Å². The number of rotatable bonds is 16. The normalized spacial score (nSPS) is 12.4. The Labute approximate surface area is 232 Å². The Balaban J connectivity index is 2.58. The van der Waals surface area contributed by atoms with Crippen LogP contribution in [-0.2, 0) is 0 Å². The number of nitrogens with two attached hydrogens (primary N) is 1. The highest BCUT2D eigenvalue weighted by Crippen LogP contribution is 2.50. The van der Waals surface area contributed by atoms with Gasteiger partial charge in [-0.1, -0.05) is 102 Å². The molecular weight excluding hydrogens is 502 g/mol. The van der Waals surface area contributed by atoms with E-state index in [1.807, 2.05) is 24.3 Å². The minimum atomic E-state index is 0.125. The van der Waals surface area contributed by atoms with Crippen LogP contribution in [0.3, 0.4) is 0 Å². The van der Waals surface area contributed by atoms with Crippen LogP contribution in [0.15, 0.2) is 34.1 Å². The maximum atomic E-state index is 10.2. The van der Waals surface area contributed by atoms with Crippen molar-refractivity contribution in [3.63, 3.8) is 0 Å². The monoisotopic (exact) mass is 541 g/mol. The number of nitrogen functional groups attached to an aromatic ring is 1. The number of ether oxygens (including phenoxy) is 2. The molecule has 2 atom stereocenters. The fourth-order valence-electron chi connectivity index (χ4n) is 4.11. The van der Waals surface area contributed by atoms with Gasteiger partial charge in [-0.3, -0.25) is 0 Å². The second kappa shape index (κ2) is 16.3. The van der Waals surface area contributed by atoms with Gasteiger partial charge in [0, 0.05) is 10.6 Å². The molecule has 0 aliphatic heterocycles. The Morgan fingerprint density at radius 2 is 1.38 bits per heavy atom. The highest BCUT2D eigenvalue weighted by Gasteiger charge is 2.28. The van der Waals surface area contributed by atoms with Crippen LogP contribution in [0.5, 0.6) is 11.5 Å². The molecule has 0 aromatic heterocycles. The van der Waals surface area contributed by atoms with Crippen LogP contribution in [0.25, 0.3) is 0 Å². The Bertz CT molecular complexity index is 1090. The quantitative estimate of drug-likeness (QED) is 0.213. The van der Waals surface area contributed by atoms with Gasteiger partial charge in [-0.05, 0) is 36.8 Å². The van der Waals surface area contributed by atoms with Crippen molar-refractivity contribution in [2.24, 2.45) is 11.8 Å². The number of hydrogen-bond acceptors (Lipinski definition) is 6. The third-order valence-corrected chi connectivity index (χ3v) is 8.34. The summed E-state index contributed by atoms with van der Waals surface area (Å²) < 4.78 is 12.5. The lowest BCUT2D eigenvalue weighted by Gasteiger charge is -2.23. The van der Waals surface area contributed by atoms with E-state index >= 15 is 0 Å². The summed E-state index contributed by atoms with van der Waals surface area (Å²) in [6.07, 6.45) is 8.46. The number of para-hydroxylation sites is 1. The maximum absolute atomic E-state index is 10.2. The lowest BCUT2D eigenvalue weighted by Crippen LogP contribution is -2.15. The summed E-state index contributed by atoms with van der Waals surface area (Å²) in [4.78, 5) is 1.35. The molecule has 0 aliphatic carbocycles. The van der Waals surface area contributed by atoms with Crippen molar-refractivity contribution in [3.05, 3.63) is 40.4 Å². The van der Waals surface area contributed by atoms with Crippen LogP contribution in [0, 0.1) is 34.5 Å². The van der Waals surface area contributed by atoms with Crippen LogP contribution < -0.4 is 15.2 Å². The molecule has 0 saturated carbocycles. The second-order valence-electron chi connectivity index (χ2n) is 9.37. The fourth-order valence-corrected chi connectivity index (χ4v) is 5.45. The molecule has 2 aromatic rings. The number of unbranched alkanes of at least 4 members (excludes halogenated alkanes) is 2. The van der Waals surface area contributed by atoms with E-state index in [-0.39, 0.29) is 21.9 Å². The van der Waals surface area contributed by atoms with Gasteiger partial charge in [0.25, 0.3) is 0 Å². The van der Waals surface area contributed by atoms with Crippen molar-refractivity contribution in [1.29, 1.82) is 10.5 Å². The van der Waals surface area contributed by atoms with Gasteiger partial charge >= 0.3 is 0 Å². The van der Waals surface area contributed by atoms with E-state index in [0.29, 0.717) is 41.4 Å². The first-order valence-electron chi connectivity index (χ1n) is 13.4. The fraction of sp³-hybridized carbons (Fsp3) is 0.533. The average Bonchev–Trinajstić information content (AvgIpc) is 2.91. The molecule has 0 spiro atoms. The van der Waals surface area contributed by atoms with Gasteiger partial charge in [-0.25, -0.2) is 0 Å². The van der Waals surface area contributed by atoms with E-state index in [2.05, 4.69) is 39.8 Å². The summed E-state index contributed by atoms with van der Waals surface area (Å²) in [7, 11) is 0. The van der Waals surface area contributed by atoms with Gasteiger partial charge in [-0.2, -0.15) is 10.5 Å². The molecular formula is C30H40ClN3O2S. The number of anilines is 1. The molecule has 5 nitrogen and oxygen atoms in total. The van der Waals surface area contributed by atoms with Crippen molar-refractivity contribution in [2.75, 3.05) is 18.9 Å². The lowest BCUT2D eigenvalue weighted by molar-refractivity contribution is 0.223. The van der Waals surface area contributed by atoms with Crippen LogP contribution in [-0.4, -0.2) is 13.2 Å². The van der Waals surface area contributed by atoms with Crippen molar-refractivity contribution in [2.45, 2.75) is 88.9 Å². The van der Waals surface area contributed by atoms with E-state index < -0.39 is 0 Å². The summed E-state index contributed by atoms with van der Waals surface area (Å²) in [6, 6.07) is 11.9. The molecule has 2 N–H and O–H groups in total. The largest absolute Gasteiger partial charge is 0.491 e. The molecule has 7 heteroatoms. The summed E-state index contributed by atoms with van der Waals surface area (Å²) in [5.41, 5.74) is 7.12. The van der Waals surface area contributed by atoms with E-state index in [0.717, 1.165) is 56.3 Å². The Morgan fingerprint density at radius 3 is 1.86 bits per heavy atom. The molecule has 200 valence electrons.